The second-order valence-corrected chi connectivity index (χ2v) is 5.59. The summed E-state index contributed by atoms with van der Waals surface area (Å²) >= 11 is 3.45. The first kappa shape index (κ1) is 17.3. The lowest BCUT2D eigenvalue weighted by atomic mass is 10.1. The number of ether oxygens (including phenoxy) is 2. The zero-order valence-electron chi connectivity index (χ0n) is 13.3. The summed E-state index contributed by atoms with van der Waals surface area (Å²) in [5.74, 6) is 0.869. The van der Waals surface area contributed by atoms with Crippen LogP contribution >= 0.6 is 15.9 Å². The average Bonchev–Trinajstić information content (AvgIpc) is 2.77. The third kappa shape index (κ3) is 3.67. The van der Waals surface area contributed by atoms with E-state index in [1.54, 1.807) is 19.1 Å². The number of nitrogens with zero attached hydrogens (tertiary/aromatic N) is 1. The van der Waals surface area contributed by atoms with Gasteiger partial charge in [-0.1, -0.05) is 0 Å². The van der Waals surface area contributed by atoms with Crippen molar-refractivity contribution in [2.75, 3.05) is 19.8 Å². The van der Waals surface area contributed by atoms with Crippen molar-refractivity contribution in [1.29, 1.82) is 0 Å². The minimum atomic E-state index is -0.404. The van der Waals surface area contributed by atoms with Crippen LogP contribution in [0.3, 0.4) is 0 Å². The van der Waals surface area contributed by atoms with E-state index >= 15 is 0 Å². The van der Waals surface area contributed by atoms with Crippen LogP contribution in [0, 0.1) is 0 Å². The summed E-state index contributed by atoms with van der Waals surface area (Å²) < 4.78 is 11.9. The monoisotopic (exact) mass is 382 g/mol. The number of hydrogen-bond donors (Lipinski definition) is 1. The molecule has 0 unspecified atom stereocenters. The van der Waals surface area contributed by atoms with Gasteiger partial charge in [-0.25, -0.2) is 4.79 Å². The van der Waals surface area contributed by atoms with Crippen molar-refractivity contribution in [3.63, 3.8) is 0 Å². The van der Waals surface area contributed by atoms with Gasteiger partial charge in [0.1, 0.15) is 5.70 Å². The maximum atomic E-state index is 12.1. The van der Waals surface area contributed by atoms with E-state index in [0.29, 0.717) is 31.3 Å². The number of amides is 3. The van der Waals surface area contributed by atoms with E-state index < -0.39 is 6.03 Å². The number of carbonyl (C=O) groups excluding carboxylic acids is 2. The maximum Gasteiger partial charge on any atom is 0.328 e. The highest BCUT2D eigenvalue weighted by Crippen LogP contribution is 2.37. The molecule has 23 heavy (non-hydrogen) atoms. The Labute approximate surface area is 143 Å². The second kappa shape index (κ2) is 7.50. The average molecular weight is 383 g/mol. The van der Waals surface area contributed by atoms with Crippen LogP contribution in [0.25, 0.3) is 6.08 Å². The molecule has 2 rings (SSSR count). The molecule has 124 valence electrons. The lowest BCUT2D eigenvalue weighted by molar-refractivity contribution is -0.122. The van der Waals surface area contributed by atoms with Crippen molar-refractivity contribution in [3.8, 4) is 11.5 Å². The number of likely N-dealkylation sites (N-methyl/N-ethyl adjacent to an activating group) is 1. The first-order valence-corrected chi connectivity index (χ1v) is 8.24. The van der Waals surface area contributed by atoms with Gasteiger partial charge in [-0.2, -0.15) is 0 Å². The van der Waals surface area contributed by atoms with Crippen molar-refractivity contribution in [1.82, 2.24) is 10.2 Å². The van der Waals surface area contributed by atoms with Crippen LogP contribution in [0.15, 0.2) is 22.3 Å². The van der Waals surface area contributed by atoms with Gasteiger partial charge in [0.05, 0.1) is 17.7 Å². The van der Waals surface area contributed by atoms with Crippen LogP contribution in [0.4, 0.5) is 4.79 Å². The fraction of sp³-hybridized carbons (Fsp3) is 0.375. The third-order valence-electron chi connectivity index (χ3n) is 3.21. The molecule has 1 aromatic rings. The standard InChI is InChI=1S/C16H19BrN2O4/c1-4-19-15(20)12(18-16(19)21)8-10-7-11(17)14(23-6-3)13(9-10)22-5-2/h7-9H,4-6H2,1-3H3,(H,18,21)/b12-8+. The first-order valence-electron chi connectivity index (χ1n) is 7.45. The number of nitrogens with one attached hydrogen (secondary N) is 1. The van der Waals surface area contributed by atoms with Crippen LogP contribution in [-0.4, -0.2) is 36.6 Å². The Morgan fingerprint density at radius 1 is 1.17 bits per heavy atom. The van der Waals surface area contributed by atoms with E-state index in [2.05, 4.69) is 21.2 Å². The lowest BCUT2D eigenvalue weighted by Crippen LogP contribution is -2.30. The number of hydrogen-bond acceptors (Lipinski definition) is 4. The van der Waals surface area contributed by atoms with E-state index in [1.165, 1.54) is 0 Å². The van der Waals surface area contributed by atoms with Crippen molar-refractivity contribution in [2.45, 2.75) is 20.8 Å². The molecule has 6 nitrogen and oxygen atoms in total. The van der Waals surface area contributed by atoms with E-state index in [1.807, 2.05) is 19.9 Å². The Morgan fingerprint density at radius 3 is 2.43 bits per heavy atom. The Morgan fingerprint density at radius 2 is 1.87 bits per heavy atom. The Kier molecular flexibility index (Phi) is 5.65. The molecule has 1 fully saturated rings. The summed E-state index contributed by atoms with van der Waals surface area (Å²) in [5, 5.41) is 2.58. The summed E-state index contributed by atoms with van der Waals surface area (Å²) in [6, 6.07) is 3.19. The van der Waals surface area contributed by atoms with Crippen molar-refractivity contribution in [2.24, 2.45) is 0 Å². The minimum absolute atomic E-state index is 0.246. The Balaban J connectivity index is 2.39. The molecular formula is C16H19BrN2O4. The van der Waals surface area contributed by atoms with E-state index in [-0.39, 0.29) is 11.6 Å². The summed E-state index contributed by atoms with van der Waals surface area (Å²) in [6.07, 6.45) is 1.62. The van der Waals surface area contributed by atoms with Crippen molar-refractivity contribution < 1.29 is 19.1 Å². The highest BCUT2D eigenvalue weighted by atomic mass is 79.9. The largest absolute Gasteiger partial charge is 0.490 e. The summed E-state index contributed by atoms with van der Waals surface area (Å²) in [6.45, 7) is 6.86. The number of halogens is 1. The normalized spacial score (nSPS) is 16.0. The molecule has 1 N–H and O–H groups in total. The molecule has 1 aromatic carbocycles. The molecule has 7 heteroatoms. The number of carbonyl (C=O) groups is 2. The van der Waals surface area contributed by atoms with Crippen LogP contribution in [0.1, 0.15) is 26.3 Å². The number of benzene rings is 1. The van der Waals surface area contributed by atoms with Gasteiger partial charge < -0.3 is 14.8 Å². The molecular weight excluding hydrogens is 364 g/mol. The summed E-state index contributed by atoms with van der Waals surface area (Å²) in [7, 11) is 0. The zero-order chi connectivity index (χ0) is 17.0. The molecule has 0 aromatic heterocycles. The highest BCUT2D eigenvalue weighted by molar-refractivity contribution is 9.10. The van der Waals surface area contributed by atoms with Gasteiger partial charge >= 0.3 is 6.03 Å². The predicted octanol–water partition coefficient (Wildman–Crippen LogP) is 3.16. The minimum Gasteiger partial charge on any atom is -0.490 e. The Bertz CT molecular complexity index is 658. The topological polar surface area (TPSA) is 67.9 Å². The zero-order valence-corrected chi connectivity index (χ0v) is 14.9. The maximum absolute atomic E-state index is 12.1. The highest BCUT2D eigenvalue weighted by Gasteiger charge is 2.32. The molecule has 0 bridgehead atoms. The molecule has 0 spiro atoms. The second-order valence-electron chi connectivity index (χ2n) is 4.73. The molecule has 3 amide bonds. The quantitative estimate of drug-likeness (QED) is 0.605. The van der Waals surface area contributed by atoms with Gasteiger partial charge in [0.15, 0.2) is 11.5 Å². The molecule has 0 aliphatic carbocycles. The molecule has 1 aliphatic rings. The summed E-state index contributed by atoms with van der Waals surface area (Å²) in [5.41, 5.74) is 0.973. The fourth-order valence-electron chi connectivity index (χ4n) is 2.24. The van der Waals surface area contributed by atoms with Gasteiger partial charge in [0.2, 0.25) is 0 Å². The third-order valence-corrected chi connectivity index (χ3v) is 3.80. The predicted molar refractivity (Wildman–Crippen MR) is 90.4 cm³/mol. The number of rotatable bonds is 6. The SMILES string of the molecule is CCOc1cc(/C=C2/NC(=O)N(CC)C2=O)cc(Br)c1OCC. The van der Waals surface area contributed by atoms with Gasteiger partial charge in [-0.3, -0.25) is 9.69 Å². The fourth-order valence-corrected chi connectivity index (χ4v) is 2.82. The first-order chi connectivity index (χ1) is 11.0. The number of urea groups is 1. The molecule has 0 radical (unpaired) electrons. The van der Waals surface area contributed by atoms with Crippen molar-refractivity contribution >= 4 is 33.9 Å². The van der Waals surface area contributed by atoms with Gasteiger partial charge in [0, 0.05) is 6.54 Å². The summed E-state index contributed by atoms with van der Waals surface area (Å²) in [4.78, 5) is 25.0. The molecule has 0 atom stereocenters. The van der Waals surface area contributed by atoms with Crippen LogP contribution in [-0.2, 0) is 4.79 Å². The smallest absolute Gasteiger partial charge is 0.328 e. The Hall–Kier alpha value is -2.02. The van der Waals surface area contributed by atoms with E-state index in [4.69, 9.17) is 9.47 Å². The van der Waals surface area contributed by atoms with E-state index in [9.17, 15) is 9.59 Å². The molecule has 1 aliphatic heterocycles. The van der Waals surface area contributed by atoms with Crippen LogP contribution in [0.2, 0.25) is 0 Å². The number of imide groups is 1. The van der Waals surface area contributed by atoms with Crippen LogP contribution in [0.5, 0.6) is 11.5 Å². The van der Waals surface area contributed by atoms with Crippen LogP contribution < -0.4 is 14.8 Å². The van der Waals surface area contributed by atoms with Gasteiger partial charge in [-0.05, 0) is 60.5 Å². The lowest BCUT2D eigenvalue weighted by Gasteiger charge is -2.13. The molecule has 1 heterocycles. The van der Waals surface area contributed by atoms with E-state index in [0.717, 1.165) is 14.9 Å². The molecule has 0 saturated carbocycles. The van der Waals surface area contributed by atoms with Crippen molar-refractivity contribution in [3.05, 3.63) is 27.9 Å². The van der Waals surface area contributed by atoms with Gasteiger partial charge in [0.25, 0.3) is 5.91 Å². The van der Waals surface area contributed by atoms with Gasteiger partial charge in [-0.15, -0.1) is 0 Å². The molecule has 1 saturated heterocycles.